The number of halogens is 5. The molecule has 0 spiro atoms. The van der Waals surface area contributed by atoms with Crippen LogP contribution in [0, 0.1) is 0 Å². The fourth-order valence-electron chi connectivity index (χ4n) is 1.49. The van der Waals surface area contributed by atoms with E-state index in [0.717, 1.165) is 12.1 Å². The van der Waals surface area contributed by atoms with Gasteiger partial charge in [-0.3, -0.25) is 0 Å². The number of aromatic nitrogens is 1. The first-order chi connectivity index (χ1) is 9.79. The lowest BCUT2D eigenvalue weighted by molar-refractivity contribution is -0.137. The standard InChI is InChI=1S/C13H8BrClF3NO2/c1-20-8-2-3-10(9(14)6-8)21-12-5-7(13(16,17)18)4-11(15)19-12/h2-6H,1H3. The number of ether oxygens (including phenoxy) is 2. The number of hydrogen-bond acceptors (Lipinski definition) is 3. The molecule has 8 heteroatoms. The van der Waals surface area contributed by atoms with Crippen molar-refractivity contribution in [2.45, 2.75) is 6.18 Å². The number of benzene rings is 1. The molecule has 2 aromatic rings. The zero-order chi connectivity index (χ0) is 15.6. The molecule has 21 heavy (non-hydrogen) atoms. The van der Waals surface area contributed by atoms with Crippen LogP contribution in [0.2, 0.25) is 5.15 Å². The minimum atomic E-state index is -4.53. The molecule has 0 bridgehead atoms. The number of methoxy groups -OCH3 is 1. The Balaban J connectivity index is 2.33. The fourth-order valence-corrected chi connectivity index (χ4v) is 2.13. The Bertz CT molecular complexity index is 664. The van der Waals surface area contributed by atoms with E-state index >= 15 is 0 Å². The predicted molar refractivity (Wildman–Crippen MR) is 75.0 cm³/mol. The summed E-state index contributed by atoms with van der Waals surface area (Å²) in [4.78, 5) is 3.72. The van der Waals surface area contributed by atoms with Gasteiger partial charge in [0.1, 0.15) is 16.7 Å². The molecule has 0 radical (unpaired) electrons. The molecule has 2 rings (SSSR count). The third kappa shape index (κ3) is 4.01. The number of pyridine rings is 1. The molecule has 112 valence electrons. The van der Waals surface area contributed by atoms with Gasteiger partial charge in [-0.1, -0.05) is 11.6 Å². The summed E-state index contributed by atoms with van der Waals surface area (Å²) in [5.41, 5.74) is -0.929. The van der Waals surface area contributed by atoms with E-state index in [-0.39, 0.29) is 11.0 Å². The third-order valence-electron chi connectivity index (χ3n) is 2.45. The number of alkyl halides is 3. The predicted octanol–water partition coefficient (Wildman–Crippen LogP) is 5.32. The summed E-state index contributed by atoms with van der Waals surface area (Å²) < 4.78 is 48.9. The molecule has 0 saturated heterocycles. The molecule has 0 aliphatic rings. The zero-order valence-corrected chi connectivity index (χ0v) is 12.9. The summed E-state index contributed by atoms with van der Waals surface area (Å²) in [6.07, 6.45) is -4.53. The molecule has 1 aromatic heterocycles. The van der Waals surface area contributed by atoms with Crippen molar-refractivity contribution in [3.05, 3.63) is 45.5 Å². The highest BCUT2D eigenvalue weighted by Gasteiger charge is 2.32. The molecule has 0 N–H and O–H groups in total. The SMILES string of the molecule is COc1ccc(Oc2cc(C(F)(F)F)cc(Cl)n2)c(Br)c1. The smallest absolute Gasteiger partial charge is 0.416 e. The summed E-state index contributed by atoms with van der Waals surface area (Å²) in [5.74, 6) is 0.614. The van der Waals surface area contributed by atoms with Crippen LogP contribution in [0.1, 0.15) is 5.56 Å². The summed E-state index contributed by atoms with van der Waals surface area (Å²) in [5, 5.41) is -0.301. The maximum atomic E-state index is 12.7. The second-order valence-electron chi connectivity index (χ2n) is 3.91. The summed E-state index contributed by atoms with van der Waals surface area (Å²) in [6.45, 7) is 0. The molecule has 0 aliphatic heterocycles. The minimum absolute atomic E-state index is 0.249. The Kier molecular flexibility index (Phi) is 4.63. The van der Waals surface area contributed by atoms with Crippen molar-refractivity contribution in [1.29, 1.82) is 0 Å². The first-order valence-corrected chi connectivity index (χ1v) is 6.73. The van der Waals surface area contributed by atoms with Crippen LogP contribution in [-0.4, -0.2) is 12.1 Å². The molecule has 1 heterocycles. The molecule has 0 saturated carbocycles. The van der Waals surface area contributed by atoms with Crippen LogP contribution >= 0.6 is 27.5 Å². The van der Waals surface area contributed by atoms with Crippen molar-refractivity contribution < 1.29 is 22.6 Å². The molecular formula is C13H8BrClF3NO2. The lowest BCUT2D eigenvalue weighted by Gasteiger charge is -2.11. The van der Waals surface area contributed by atoms with Crippen LogP contribution < -0.4 is 9.47 Å². The summed E-state index contributed by atoms with van der Waals surface area (Å²) in [6, 6.07) is 6.28. The average molecular weight is 383 g/mol. The van der Waals surface area contributed by atoms with Gasteiger partial charge in [0.05, 0.1) is 17.1 Å². The second-order valence-corrected chi connectivity index (χ2v) is 5.15. The Hall–Kier alpha value is -1.47. The third-order valence-corrected chi connectivity index (χ3v) is 3.26. The van der Waals surface area contributed by atoms with Crippen LogP contribution in [0.3, 0.4) is 0 Å². The van der Waals surface area contributed by atoms with E-state index in [1.807, 2.05) is 0 Å². The van der Waals surface area contributed by atoms with Crippen molar-refractivity contribution in [2.24, 2.45) is 0 Å². The Morgan fingerprint density at radius 1 is 1.19 bits per heavy atom. The monoisotopic (exact) mass is 381 g/mol. The van der Waals surface area contributed by atoms with Gasteiger partial charge >= 0.3 is 6.18 Å². The van der Waals surface area contributed by atoms with Crippen LogP contribution in [0.5, 0.6) is 17.4 Å². The fraction of sp³-hybridized carbons (Fsp3) is 0.154. The highest BCUT2D eigenvalue weighted by Crippen LogP contribution is 2.36. The van der Waals surface area contributed by atoms with Gasteiger partial charge in [-0.25, -0.2) is 4.98 Å². The van der Waals surface area contributed by atoms with E-state index in [1.54, 1.807) is 18.2 Å². The van der Waals surface area contributed by atoms with Crippen molar-refractivity contribution >= 4 is 27.5 Å². The molecular weight excluding hydrogens is 374 g/mol. The molecule has 0 unspecified atom stereocenters. The first-order valence-electron chi connectivity index (χ1n) is 5.56. The van der Waals surface area contributed by atoms with Gasteiger partial charge in [0.15, 0.2) is 0 Å². The minimum Gasteiger partial charge on any atom is -0.497 e. The first kappa shape index (κ1) is 15.9. The van der Waals surface area contributed by atoms with Gasteiger partial charge in [-0.15, -0.1) is 0 Å². The highest BCUT2D eigenvalue weighted by molar-refractivity contribution is 9.10. The molecule has 0 atom stereocenters. The zero-order valence-electron chi connectivity index (χ0n) is 10.5. The average Bonchev–Trinajstić information content (AvgIpc) is 2.39. The summed E-state index contributed by atoms with van der Waals surface area (Å²) in [7, 11) is 1.50. The van der Waals surface area contributed by atoms with Crippen molar-refractivity contribution in [3.8, 4) is 17.4 Å². The normalized spacial score (nSPS) is 11.3. The lowest BCUT2D eigenvalue weighted by Crippen LogP contribution is -2.05. The van der Waals surface area contributed by atoms with Crippen LogP contribution in [0.4, 0.5) is 13.2 Å². The molecule has 0 amide bonds. The van der Waals surface area contributed by atoms with Crippen molar-refractivity contribution in [3.63, 3.8) is 0 Å². The van der Waals surface area contributed by atoms with E-state index in [2.05, 4.69) is 20.9 Å². The van der Waals surface area contributed by atoms with E-state index in [9.17, 15) is 13.2 Å². The van der Waals surface area contributed by atoms with Gasteiger partial charge in [-0.05, 0) is 40.2 Å². The van der Waals surface area contributed by atoms with Crippen molar-refractivity contribution in [2.75, 3.05) is 7.11 Å². The number of rotatable bonds is 3. The largest absolute Gasteiger partial charge is 0.497 e. The summed E-state index contributed by atoms with van der Waals surface area (Å²) >= 11 is 8.82. The number of hydrogen-bond donors (Lipinski definition) is 0. The maximum Gasteiger partial charge on any atom is 0.416 e. The van der Waals surface area contributed by atoms with E-state index in [1.165, 1.54) is 7.11 Å². The van der Waals surface area contributed by atoms with Gasteiger partial charge in [0, 0.05) is 6.07 Å². The quantitative estimate of drug-likeness (QED) is 0.674. The number of nitrogens with zero attached hydrogens (tertiary/aromatic N) is 1. The lowest BCUT2D eigenvalue weighted by atomic mass is 10.2. The Morgan fingerprint density at radius 3 is 2.48 bits per heavy atom. The van der Waals surface area contributed by atoms with Crippen LogP contribution in [0.15, 0.2) is 34.8 Å². The topological polar surface area (TPSA) is 31.4 Å². The van der Waals surface area contributed by atoms with Gasteiger partial charge in [0.25, 0.3) is 0 Å². The van der Waals surface area contributed by atoms with Crippen LogP contribution in [-0.2, 0) is 6.18 Å². The van der Waals surface area contributed by atoms with Gasteiger partial charge in [0.2, 0.25) is 5.88 Å². The highest BCUT2D eigenvalue weighted by atomic mass is 79.9. The van der Waals surface area contributed by atoms with E-state index < -0.39 is 11.7 Å². The van der Waals surface area contributed by atoms with Crippen molar-refractivity contribution in [1.82, 2.24) is 4.98 Å². The van der Waals surface area contributed by atoms with E-state index in [0.29, 0.717) is 16.0 Å². The van der Waals surface area contributed by atoms with E-state index in [4.69, 9.17) is 21.1 Å². The van der Waals surface area contributed by atoms with Crippen LogP contribution in [0.25, 0.3) is 0 Å². The molecule has 3 nitrogen and oxygen atoms in total. The Labute approximate surface area is 131 Å². The molecule has 0 aliphatic carbocycles. The molecule has 0 fully saturated rings. The van der Waals surface area contributed by atoms with Gasteiger partial charge in [-0.2, -0.15) is 13.2 Å². The maximum absolute atomic E-state index is 12.7. The molecule has 1 aromatic carbocycles. The Morgan fingerprint density at radius 2 is 1.90 bits per heavy atom. The second kappa shape index (κ2) is 6.11. The van der Waals surface area contributed by atoms with Gasteiger partial charge < -0.3 is 9.47 Å².